The van der Waals surface area contributed by atoms with Gasteiger partial charge in [-0.2, -0.15) is 0 Å². The fourth-order valence-electron chi connectivity index (χ4n) is 4.35. The quantitative estimate of drug-likeness (QED) is 0.343. The molecule has 5 nitrogen and oxygen atoms in total. The van der Waals surface area contributed by atoms with Crippen molar-refractivity contribution in [3.8, 4) is 5.75 Å². The summed E-state index contributed by atoms with van der Waals surface area (Å²) in [6.45, 7) is 15.2. The van der Waals surface area contributed by atoms with Gasteiger partial charge in [0.2, 0.25) is 0 Å². The van der Waals surface area contributed by atoms with Gasteiger partial charge in [-0.05, 0) is 66.0 Å². The Morgan fingerprint density at radius 1 is 1.31 bits per heavy atom. The lowest BCUT2D eigenvalue weighted by molar-refractivity contribution is 0.0694. The van der Waals surface area contributed by atoms with Crippen molar-refractivity contribution in [2.75, 3.05) is 26.2 Å². The Hall–Kier alpha value is -1.02. The zero-order valence-corrected chi connectivity index (χ0v) is 21.0. The molecule has 2 unspecified atom stereocenters. The van der Waals surface area contributed by atoms with Gasteiger partial charge in [-0.1, -0.05) is 18.2 Å². The summed E-state index contributed by atoms with van der Waals surface area (Å²) in [5, 5.41) is 7.13. The lowest BCUT2D eigenvalue weighted by Crippen LogP contribution is -2.46. The monoisotopic (exact) mass is 514 g/mol. The summed E-state index contributed by atoms with van der Waals surface area (Å²) >= 11 is 0. The largest absolute Gasteiger partial charge is 0.487 e. The Morgan fingerprint density at radius 2 is 2.07 bits per heavy atom. The van der Waals surface area contributed by atoms with Crippen LogP contribution in [0.15, 0.2) is 29.3 Å². The number of likely N-dealkylation sites (tertiary alicyclic amines) is 1. The fraction of sp³-hybridized carbons (Fsp3) is 0.696. The molecule has 0 bridgehead atoms. The van der Waals surface area contributed by atoms with E-state index < -0.39 is 0 Å². The summed E-state index contributed by atoms with van der Waals surface area (Å²) in [6, 6.07) is 9.18. The van der Waals surface area contributed by atoms with Gasteiger partial charge in [-0.15, -0.1) is 24.0 Å². The Kier molecular flexibility index (Phi) is 9.07. The van der Waals surface area contributed by atoms with Crippen LogP contribution in [0.5, 0.6) is 5.75 Å². The Morgan fingerprint density at radius 3 is 2.79 bits per heavy atom. The van der Waals surface area contributed by atoms with Crippen molar-refractivity contribution >= 4 is 29.9 Å². The van der Waals surface area contributed by atoms with E-state index in [1.165, 1.54) is 24.9 Å². The number of hydrogen-bond donors (Lipinski definition) is 2. The summed E-state index contributed by atoms with van der Waals surface area (Å²) in [5.41, 5.74) is 1.03. The normalized spacial score (nSPS) is 24.3. The van der Waals surface area contributed by atoms with Crippen molar-refractivity contribution in [3.63, 3.8) is 0 Å². The first kappa shape index (κ1) is 24.3. The molecule has 2 atom stereocenters. The van der Waals surface area contributed by atoms with E-state index in [4.69, 9.17) is 9.73 Å². The van der Waals surface area contributed by atoms with Crippen molar-refractivity contribution in [2.45, 2.75) is 71.6 Å². The Labute approximate surface area is 194 Å². The molecule has 3 rings (SSSR count). The van der Waals surface area contributed by atoms with Crippen molar-refractivity contribution < 1.29 is 4.74 Å². The smallest absolute Gasteiger partial charge is 0.191 e. The predicted molar refractivity (Wildman–Crippen MR) is 132 cm³/mol. The van der Waals surface area contributed by atoms with E-state index in [0.717, 1.165) is 37.8 Å². The molecule has 0 aliphatic carbocycles. The number of rotatable bonds is 5. The fourth-order valence-corrected chi connectivity index (χ4v) is 4.35. The van der Waals surface area contributed by atoms with E-state index in [-0.39, 0.29) is 35.6 Å². The van der Waals surface area contributed by atoms with Crippen LogP contribution in [0.2, 0.25) is 0 Å². The van der Waals surface area contributed by atoms with E-state index in [9.17, 15) is 0 Å². The van der Waals surface area contributed by atoms with Gasteiger partial charge in [-0.3, -0.25) is 4.99 Å². The van der Waals surface area contributed by atoms with Crippen molar-refractivity contribution in [1.82, 2.24) is 15.5 Å². The summed E-state index contributed by atoms with van der Waals surface area (Å²) in [4.78, 5) is 7.56. The molecule has 0 aromatic heterocycles. The minimum absolute atomic E-state index is 0. The molecule has 6 heteroatoms. The Balaban J connectivity index is 0.00000300. The van der Waals surface area contributed by atoms with Crippen LogP contribution in [0.25, 0.3) is 0 Å². The molecule has 2 heterocycles. The first-order valence-electron chi connectivity index (χ1n) is 10.9. The molecule has 2 N–H and O–H groups in total. The summed E-state index contributed by atoms with van der Waals surface area (Å²) in [5.74, 6) is 2.54. The van der Waals surface area contributed by atoms with Crippen molar-refractivity contribution in [3.05, 3.63) is 29.8 Å². The maximum absolute atomic E-state index is 6.17. The number of ether oxygens (including phenoxy) is 1. The van der Waals surface area contributed by atoms with Gasteiger partial charge in [0.25, 0.3) is 0 Å². The molecule has 0 saturated carbocycles. The van der Waals surface area contributed by atoms with Gasteiger partial charge in [0.1, 0.15) is 11.4 Å². The number of fused-ring (bicyclic) bond motifs is 1. The molecule has 1 aromatic rings. The molecule has 0 radical (unpaired) electrons. The molecule has 164 valence electrons. The van der Waals surface area contributed by atoms with Gasteiger partial charge in [0, 0.05) is 37.7 Å². The van der Waals surface area contributed by atoms with Gasteiger partial charge in [-0.25, -0.2) is 0 Å². The van der Waals surface area contributed by atoms with E-state index >= 15 is 0 Å². The third kappa shape index (κ3) is 6.74. The third-order valence-corrected chi connectivity index (χ3v) is 5.82. The van der Waals surface area contributed by atoms with E-state index in [0.29, 0.717) is 12.0 Å². The number of halogens is 1. The van der Waals surface area contributed by atoms with E-state index in [2.05, 4.69) is 68.4 Å². The van der Waals surface area contributed by atoms with Crippen LogP contribution < -0.4 is 15.4 Å². The molecule has 2 aliphatic heterocycles. The minimum Gasteiger partial charge on any atom is -0.487 e. The number of guanidine groups is 1. The lowest BCUT2D eigenvalue weighted by Gasteiger charge is -2.38. The lowest BCUT2D eigenvalue weighted by atomic mass is 9.90. The number of aliphatic imine (C=N–C) groups is 1. The predicted octanol–water partition coefficient (Wildman–Crippen LogP) is 4.58. The molecule has 0 spiro atoms. The van der Waals surface area contributed by atoms with Gasteiger partial charge in [0.15, 0.2) is 5.96 Å². The average molecular weight is 514 g/mol. The first-order valence-corrected chi connectivity index (χ1v) is 10.9. The van der Waals surface area contributed by atoms with Gasteiger partial charge in [0.05, 0.1) is 6.04 Å². The van der Waals surface area contributed by atoms with Crippen LogP contribution in [0.3, 0.4) is 0 Å². The number of benzene rings is 1. The maximum Gasteiger partial charge on any atom is 0.191 e. The van der Waals surface area contributed by atoms with Gasteiger partial charge >= 0.3 is 0 Å². The number of hydrogen-bond acceptors (Lipinski definition) is 3. The van der Waals surface area contributed by atoms with Crippen molar-refractivity contribution in [2.24, 2.45) is 10.9 Å². The van der Waals surface area contributed by atoms with Crippen molar-refractivity contribution in [1.29, 1.82) is 0 Å². The molecule has 1 fully saturated rings. The molecular weight excluding hydrogens is 475 g/mol. The van der Waals surface area contributed by atoms with Crippen LogP contribution in [-0.4, -0.2) is 48.7 Å². The number of nitrogens with zero attached hydrogens (tertiary/aromatic N) is 2. The number of para-hydroxylation sites is 1. The first-order chi connectivity index (χ1) is 13.4. The van der Waals surface area contributed by atoms with E-state index in [1.807, 2.05) is 6.07 Å². The second-order valence-electron chi connectivity index (χ2n) is 9.12. The highest BCUT2D eigenvalue weighted by Crippen LogP contribution is 2.39. The molecule has 1 aromatic carbocycles. The number of nitrogens with one attached hydrogen (secondary N) is 2. The Bertz CT molecular complexity index is 677. The topological polar surface area (TPSA) is 48.9 Å². The highest BCUT2D eigenvalue weighted by molar-refractivity contribution is 14.0. The zero-order valence-electron chi connectivity index (χ0n) is 18.7. The van der Waals surface area contributed by atoms with E-state index in [1.54, 1.807) is 0 Å². The van der Waals surface area contributed by atoms with Crippen LogP contribution in [-0.2, 0) is 0 Å². The minimum atomic E-state index is -0.190. The van der Waals surface area contributed by atoms with Crippen LogP contribution in [0.4, 0.5) is 0 Å². The molecule has 2 aliphatic rings. The SMILES string of the molecule is CCNC(=NCC1CCCN(C(C)C)C1)NC1CC(C)(C)Oc2ccccc21.I. The highest BCUT2D eigenvalue weighted by Gasteiger charge is 2.34. The molecule has 0 amide bonds. The van der Waals surface area contributed by atoms with Gasteiger partial charge < -0.3 is 20.3 Å². The highest BCUT2D eigenvalue weighted by atomic mass is 127. The van der Waals surface area contributed by atoms with Crippen LogP contribution in [0.1, 0.15) is 65.5 Å². The maximum atomic E-state index is 6.17. The summed E-state index contributed by atoms with van der Waals surface area (Å²) < 4.78 is 6.17. The average Bonchev–Trinajstić information content (AvgIpc) is 2.65. The second kappa shape index (κ2) is 10.8. The molecular formula is C23H39IN4O. The summed E-state index contributed by atoms with van der Waals surface area (Å²) in [7, 11) is 0. The second-order valence-corrected chi connectivity index (χ2v) is 9.12. The summed E-state index contributed by atoms with van der Waals surface area (Å²) in [6.07, 6.45) is 3.47. The number of piperidine rings is 1. The van der Waals surface area contributed by atoms with Crippen LogP contribution in [0, 0.1) is 5.92 Å². The standard InChI is InChI=1S/C23H38N4O.HI/c1-6-24-22(25-15-18-10-9-13-27(16-18)17(2)3)26-20-14-23(4,5)28-21-12-8-7-11-19(20)21;/h7-8,11-12,17-18,20H,6,9-10,13-16H2,1-5H3,(H2,24,25,26);1H. The third-order valence-electron chi connectivity index (χ3n) is 5.82. The zero-order chi connectivity index (χ0) is 20.1. The molecule has 1 saturated heterocycles. The molecule has 29 heavy (non-hydrogen) atoms. The van der Waals surface area contributed by atoms with Crippen LogP contribution >= 0.6 is 24.0 Å².